The van der Waals surface area contributed by atoms with Crippen molar-refractivity contribution in [3.05, 3.63) is 59.7 Å². The second-order valence-electron chi connectivity index (χ2n) is 9.73. The first kappa shape index (κ1) is 22.4. The van der Waals surface area contributed by atoms with E-state index in [2.05, 4.69) is 29.6 Å². The number of ether oxygens (including phenoxy) is 1. The first-order valence-electron chi connectivity index (χ1n) is 12.1. The van der Waals surface area contributed by atoms with Crippen molar-refractivity contribution in [3.63, 3.8) is 0 Å². The highest BCUT2D eigenvalue weighted by Crippen LogP contribution is 2.52. The second kappa shape index (κ2) is 9.12. The number of rotatable bonds is 8. The molecule has 1 saturated heterocycles. The van der Waals surface area contributed by atoms with E-state index in [1.165, 1.54) is 22.3 Å². The Bertz CT molecular complexity index is 1060. The molecule has 0 bridgehead atoms. The van der Waals surface area contributed by atoms with Gasteiger partial charge in [-0.3, -0.25) is 9.59 Å². The number of carbonyl (C=O) groups excluding carboxylic acids is 2. The van der Waals surface area contributed by atoms with Gasteiger partial charge in [0.05, 0.1) is 5.92 Å². The van der Waals surface area contributed by atoms with Gasteiger partial charge >= 0.3 is 12.1 Å². The van der Waals surface area contributed by atoms with E-state index in [-0.39, 0.29) is 42.1 Å². The summed E-state index contributed by atoms with van der Waals surface area (Å²) >= 11 is 0. The van der Waals surface area contributed by atoms with Gasteiger partial charge in [-0.1, -0.05) is 55.5 Å². The average molecular weight is 463 g/mol. The molecule has 1 saturated carbocycles. The van der Waals surface area contributed by atoms with Gasteiger partial charge in [0.25, 0.3) is 0 Å². The molecule has 7 heteroatoms. The molecule has 2 fully saturated rings. The molecule has 178 valence electrons. The highest BCUT2D eigenvalue weighted by atomic mass is 16.5. The molecule has 2 aliphatic carbocycles. The van der Waals surface area contributed by atoms with Gasteiger partial charge in [-0.05, 0) is 46.9 Å². The van der Waals surface area contributed by atoms with Gasteiger partial charge in [-0.15, -0.1) is 0 Å². The van der Waals surface area contributed by atoms with Crippen LogP contribution in [0.4, 0.5) is 4.79 Å². The molecular formula is C27H30N2O5. The molecule has 3 unspecified atom stereocenters. The Morgan fingerprint density at radius 1 is 1.03 bits per heavy atom. The van der Waals surface area contributed by atoms with E-state index in [0.717, 1.165) is 0 Å². The summed E-state index contributed by atoms with van der Waals surface area (Å²) in [7, 11) is 0. The topological polar surface area (TPSA) is 95.9 Å². The zero-order valence-corrected chi connectivity index (χ0v) is 19.3. The quantitative estimate of drug-likeness (QED) is 0.583. The lowest BCUT2D eigenvalue weighted by atomic mass is 9.98. The number of piperidine rings is 1. The third kappa shape index (κ3) is 4.15. The van der Waals surface area contributed by atoms with E-state index in [0.29, 0.717) is 32.5 Å². The molecule has 1 aliphatic heterocycles. The fourth-order valence-corrected chi connectivity index (χ4v) is 5.76. The number of carboxylic acid groups (broad SMARTS) is 1. The van der Waals surface area contributed by atoms with Crippen LogP contribution in [0.25, 0.3) is 11.1 Å². The van der Waals surface area contributed by atoms with Crippen LogP contribution in [0.3, 0.4) is 0 Å². The minimum atomic E-state index is -0.741. The van der Waals surface area contributed by atoms with Gasteiger partial charge < -0.3 is 20.1 Å². The molecule has 2 aromatic carbocycles. The number of nitrogens with one attached hydrogen (secondary N) is 1. The lowest BCUT2D eigenvalue weighted by Gasteiger charge is -2.23. The van der Waals surface area contributed by atoms with Crippen molar-refractivity contribution in [1.29, 1.82) is 0 Å². The first-order valence-corrected chi connectivity index (χ1v) is 12.1. The number of fused-ring (bicyclic) bond motifs is 4. The Kier molecular flexibility index (Phi) is 6.02. The number of hydrogen-bond acceptors (Lipinski definition) is 4. The lowest BCUT2D eigenvalue weighted by Crippen LogP contribution is -2.36. The largest absolute Gasteiger partial charge is 0.481 e. The molecule has 3 aliphatic rings. The van der Waals surface area contributed by atoms with Crippen molar-refractivity contribution in [1.82, 2.24) is 10.2 Å². The fraction of sp³-hybridized carbons (Fsp3) is 0.444. The molecule has 0 radical (unpaired) electrons. The van der Waals surface area contributed by atoms with Crippen molar-refractivity contribution >= 4 is 18.0 Å². The summed E-state index contributed by atoms with van der Waals surface area (Å²) in [5, 5.41) is 11.9. The third-order valence-corrected chi connectivity index (χ3v) is 7.64. The Morgan fingerprint density at radius 2 is 1.62 bits per heavy atom. The number of benzene rings is 2. The predicted octanol–water partition coefficient (Wildman–Crippen LogP) is 3.73. The molecule has 2 aromatic rings. The summed E-state index contributed by atoms with van der Waals surface area (Å²) in [5.74, 6) is -0.784. The van der Waals surface area contributed by atoms with Crippen molar-refractivity contribution in [2.45, 2.75) is 25.7 Å². The molecule has 5 rings (SSSR count). The normalized spacial score (nSPS) is 23.0. The van der Waals surface area contributed by atoms with Crippen molar-refractivity contribution < 1.29 is 24.2 Å². The van der Waals surface area contributed by atoms with Crippen LogP contribution >= 0.6 is 0 Å². The van der Waals surface area contributed by atoms with E-state index in [1.807, 2.05) is 31.2 Å². The number of carboxylic acids is 1. The monoisotopic (exact) mass is 462 g/mol. The molecule has 1 heterocycles. The van der Waals surface area contributed by atoms with E-state index >= 15 is 0 Å². The van der Waals surface area contributed by atoms with Crippen LogP contribution in [-0.2, 0) is 14.3 Å². The Hall–Kier alpha value is -3.35. The highest BCUT2D eigenvalue weighted by molar-refractivity contribution is 5.81. The Morgan fingerprint density at radius 3 is 2.21 bits per heavy atom. The number of carbonyl (C=O) groups is 3. The summed E-state index contributed by atoms with van der Waals surface area (Å²) < 4.78 is 5.55. The summed E-state index contributed by atoms with van der Waals surface area (Å²) in [6, 6.07) is 16.5. The van der Waals surface area contributed by atoms with Crippen molar-refractivity contribution in [3.8, 4) is 11.1 Å². The Labute approximate surface area is 199 Å². The highest BCUT2D eigenvalue weighted by Gasteiger charge is 2.60. The third-order valence-electron chi connectivity index (χ3n) is 7.64. The van der Waals surface area contributed by atoms with Crippen LogP contribution in [0.1, 0.15) is 36.8 Å². The minimum absolute atomic E-state index is 0.0307. The van der Waals surface area contributed by atoms with E-state index in [1.54, 1.807) is 4.90 Å². The molecule has 0 spiro atoms. The fourth-order valence-electron chi connectivity index (χ4n) is 5.76. The number of aliphatic carboxylic acids is 1. The average Bonchev–Trinajstić information content (AvgIpc) is 3.20. The summed E-state index contributed by atoms with van der Waals surface area (Å²) in [6.45, 7) is 3.74. The van der Waals surface area contributed by atoms with Gasteiger partial charge in [-0.25, -0.2) is 4.79 Å². The maximum absolute atomic E-state index is 12.6. The van der Waals surface area contributed by atoms with Crippen LogP contribution in [0, 0.1) is 23.7 Å². The van der Waals surface area contributed by atoms with Gasteiger partial charge in [-0.2, -0.15) is 0 Å². The number of nitrogens with zero attached hydrogens (tertiary/aromatic N) is 1. The number of hydrogen-bond donors (Lipinski definition) is 2. The van der Waals surface area contributed by atoms with Crippen molar-refractivity contribution in [2.75, 3.05) is 26.2 Å². The summed E-state index contributed by atoms with van der Waals surface area (Å²) in [6.07, 6.45) is 0.895. The maximum Gasteiger partial charge on any atom is 0.407 e. The number of likely N-dealkylation sites (tertiary alicyclic amines) is 1. The summed E-state index contributed by atoms with van der Waals surface area (Å²) in [5.41, 5.74) is 4.75. The van der Waals surface area contributed by atoms with E-state index < -0.39 is 12.1 Å². The molecule has 2 amide bonds. The maximum atomic E-state index is 12.6. The lowest BCUT2D eigenvalue weighted by molar-refractivity contribution is -0.141. The van der Waals surface area contributed by atoms with E-state index in [4.69, 9.17) is 9.84 Å². The summed E-state index contributed by atoms with van der Waals surface area (Å²) in [4.78, 5) is 37.8. The molecule has 7 nitrogen and oxygen atoms in total. The van der Waals surface area contributed by atoms with Gasteiger partial charge in [0.1, 0.15) is 6.61 Å². The van der Waals surface area contributed by atoms with Crippen molar-refractivity contribution in [2.24, 2.45) is 23.7 Å². The number of amides is 2. The smallest absolute Gasteiger partial charge is 0.407 e. The van der Waals surface area contributed by atoms with Gasteiger partial charge in [0.15, 0.2) is 0 Å². The predicted molar refractivity (Wildman–Crippen MR) is 126 cm³/mol. The van der Waals surface area contributed by atoms with Gasteiger partial charge in [0.2, 0.25) is 5.91 Å². The molecule has 34 heavy (non-hydrogen) atoms. The van der Waals surface area contributed by atoms with E-state index in [9.17, 15) is 14.4 Å². The van der Waals surface area contributed by atoms with Crippen LogP contribution < -0.4 is 5.32 Å². The van der Waals surface area contributed by atoms with Crippen LogP contribution in [0.5, 0.6) is 0 Å². The van der Waals surface area contributed by atoms with Crippen LogP contribution in [0.15, 0.2) is 48.5 Å². The zero-order chi connectivity index (χ0) is 23.8. The molecule has 2 N–H and O–H groups in total. The Balaban J connectivity index is 1.03. The second-order valence-corrected chi connectivity index (χ2v) is 9.73. The zero-order valence-electron chi connectivity index (χ0n) is 19.3. The van der Waals surface area contributed by atoms with Crippen LogP contribution in [0.2, 0.25) is 0 Å². The SMILES string of the molecule is CC(CCCNC(=O)OCC1c2ccccc2-c2ccccc21)C(=O)N1CC2C(C1)C2C(=O)O. The standard InChI is InChI=1S/C27H30N2O5/c1-16(25(30)29-13-21-22(14-29)24(21)26(31)32)7-6-12-28-27(33)34-15-23-19-10-4-2-8-17(19)18-9-3-5-11-20(18)23/h2-5,8-11,16,21-24H,6-7,12-15H2,1H3,(H,28,33)(H,31,32). The molecular weight excluding hydrogens is 432 g/mol. The van der Waals surface area contributed by atoms with Gasteiger partial charge in [0, 0.05) is 31.5 Å². The first-order chi connectivity index (χ1) is 16.5. The minimum Gasteiger partial charge on any atom is -0.481 e. The number of alkyl carbamates (subject to hydrolysis) is 1. The van der Waals surface area contributed by atoms with Crippen LogP contribution in [-0.4, -0.2) is 54.2 Å². The molecule has 3 atom stereocenters. The molecule has 0 aromatic heterocycles.